The molecule has 0 aromatic carbocycles. The van der Waals surface area contributed by atoms with Crippen LogP contribution in [0.5, 0.6) is 0 Å². The molecule has 150 valence electrons. The fourth-order valence-corrected chi connectivity index (χ4v) is 3.67. The van der Waals surface area contributed by atoms with E-state index in [2.05, 4.69) is 37.0 Å². The maximum absolute atomic E-state index is 5.99. The van der Waals surface area contributed by atoms with Gasteiger partial charge in [0.1, 0.15) is 11.6 Å². The van der Waals surface area contributed by atoms with Crippen molar-refractivity contribution in [3.05, 3.63) is 34.5 Å². The van der Waals surface area contributed by atoms with Crippen LogP contribution in [0.2, 0.25) is 0 Å². The summed E-state index contributed by atoms with van der Waals surface area (Å²) >= 11 is 0. The van der Waals surface area contributed by atoms with Gasteiger partial charge in [-0.15, -0.1) is 24.8 Å². The first-order valence-corrected chi connectivity index (χ1v) is 9.27. The summed E-state index contributed by atoms with van der Waals surface area (Å²) in [6.45, 7) is 5.02. The van der Waals surface area contributed by atoms with Crippen molar-refractivity contribution in [2.45, 2.75) is 64.0 Å². The summed E-state index contributed by atoms with van der Waals surface area (Å²) in [5, 5.41) is 4.53. The Bertz CT molecular complexity index is 796. The second kappa shape index (κ2) is 8.33. The molecule has 2 N–H and O–H groups in total. The molecule has 0 saturated heterocycles. The number of hydrogen-bond acceptors (Lipinski definition) is 5. The quantitative estimate of drug-likeness (QED) is 0.814. The Morgan fingerprint density at radius 1 is 1.15 bits per heavy atom. The van der Waals surface area contributed by atoms with E-state index in [9.17, 15) is 0 Å². The molecule has 0 bridgehead atoms. The van der Waals surface area contributed by atoms with Gasteiger partial charge in [-0.1, -0.05) is 0 Å². The number of hydrogen-bond donors (Lipinski definition) is 1. The van der Waals surface area contributed by atoms with Gasteiger partial charge in [-0.3, -0.25) is 4.68 Å². The molecule has 2 heterocycles. The van der Waals surface area contributed by atoms with Crippen LogP contribution >= 0.6 is 24.8 Å². The number of aryl methyl sites for hydroxylation is 2. The van der Waals surface area contributed by atoms with Crippen LogP contribution in [0.1, 0.15) is 66.0 Å². The van der Waals surface area contributed by atoms with E-state index in [-0.39, 0.29) is 24.8 Å². The van der Waals surface area contributed by atoms with Gasteiger partial charge in [0.2, 0.25) is 0 Å². The minimum absolute atomic E-state index is 0. The molecule has 2 saturated carbocycles. The first kappa shape index (κ1) is 21.9. The lowest BCUT2D eigenvalue weighted by molar-refractivity contribution is 0.344. The summed E-state index contributed by atoms with van der Waals surface area (Å²) in [6.07, 6.45) is 4.53. The van der Waals surface area contributed by atoms with Gasteiger partial charge < -0.3 is 10.6 Å². The molecule has 0 unspecified atom stereocenters. The van der Waals surface area contributed by atoms with Crippen LogP contribution in [0, 0.1) is 13.8 Å². The van der Waals surface area contributed by atoms with E-state index in [0.717, 1.165) is 36.7 Å². The van der Waals surface area contributed by atoms with Gasteiger partial charge in [0.15, 0.2) is 0 Å². The molecule has 0 amide bonds. The summed E-state index contributed by atoms with van der Waals surface area (Å²) in [5.41, 5.74) is 10.8. The molecule has 0 spiro atoms. The number of nitrogens with zero attached hydrogens (tertiary/aromatic N) is 5. The van der Waals surface area contributed by atoms with Crippen LogP contribution < -0.4 is 10.6 Å². The van der Waals surface area contributed by atoms with E-state index in [4.69, 9.17) is 15.7 Å². The second-order valence-corrected chi connectivity index (χ2v) is 7.84. The molecule has 4 rings (SSSR count). The highest BCUT2D eigenvalue weighted by Gasteiger charge is 2.32. The molecule has 6 nitrogen and oxygen atoms in total. The molecule has 2 aliphatic carbocycles. The SMILES string of the molecule is Cc1nn(C)c(C)c1CN(C)c1cc(C2CC(N)C2)nc(C2CC2)n1.Cl.Cl. The van der Waals surface area contributed by atoms with Crippen LogP contribution in [-0.4, -0.2) is 32.8 Å². The molecular weight excluding hydrogens is 383 g/mol. The average Bonchev–Trinajstić information content (AvgIpc) is 3.37. The van der Waals surface area contributed by atoms with Gasteiger partial charge >= 0.3 is 0 Å². The Morgan fingerprint density at radius 3 is 2.33 bits per heavy atom. The Hall–Kier alpha value is -1.37. The smallest absolute Gasteiger partial charge is 0.134 e. The van der Waals surface area contributed by atoms with Crippen molar-refractivity contribution in [2.24, 2.45) is 12.8 Å². The average molecular weight is 413 g/mol. The Kier molecular flexibility index (Phi) is 6.77. The minimum atomic E-state index is 0. The molecule has 2 fully saturated rings. The Morgan fingerprint density at radius 2 is 1.81 bits per heavy atom. The van der Waals surface area contributed by atoms with E-state index in [1.807, 2.05) is 11.7 Å². The van der Waals surface area contributed by atoms with Gasteiger partial charge in [-0.2, -0.15) is 5.10 Å². The van der Waals surface area contributed by atoms with Crippen LogP contribution in [0.3, 0.4) is 0 Å². The molecule has 2 aromatic rings. The Labute approximate surface area is 173 Å². The number of halogens is 2. The predicted octanol–water partition coefficient (Wildman–Crippen LogP) is 3.39. The molecule has 2 aromatic heterocycles. The topological polar surface area (TPSA) is 72.9 Å². The fraction of sp³-hybridized carbons (Fsp3) is 0.632. The summed E-state index contributed by atoms with van der Waals surface area (Å²) in [6, 6.07) is 2.51. The zero-order chi connectivity index (χ0) is 17.7. The lowest BCUT2D eigenvalue weighted by atomic mass is 9.78. The van der Waals surface area contributed by atoms with Crippen LogP contribution in [0.4, 0.5) is 5.82 Å². The van der Waals surface area contributed by atoms with E-state index < -0.39 is 0 Å². The highest BCUT2D eigenvalue weighted by atomic mass is 35.5. The number of rotatable bonds is 5. The van der Waals surface area contributed by atoms with Gasteiger partial charge in [-0.25, -0.2) is 9.97 Å². The maximum Gasteiger partial charge on any atom is 0.134 e. The van der Waals surface area contributed by atoms with Crippen molar-refractivity contribution in [3.63, 3.8) is 0 Å². The minimum Gasteiger partial charge on any atom is -0.355 e. The highest BCUT2D eigenvalue weighted by Crippen LogP contribution is 2.41. The fourth-order valence-electron chi connectivity index (χ4n) is 3.67. The molecule has 0 atom stereocenters. The Balaban J connectivity index is 0.00000131. The van der Waals surface area contributed by atoms with Gasteiger partial charge in [0.25, 0.3) is 0 Å². The van der Waals surface area contributed by atoms with E-state index in [0.29, 0.717) is 17.9 Å². The zero-order valence-corrected chi connectivity index (χ0v) is 18.1. The van der Waals surface area contributed by atoms with Crippen LogP contribution in [0.15, 0.2) is 6.07 Å². The summed E-state index contributed by atoms with van der Waals surface area (Å²) < 4.78 is 1.95. The van der Waals surface area contributed by atoms with Crippen molar-refractivity contribution in [3.8, 4) is 0 Å². The third-order valence-corrected chi connectivity index (χ3v) is 5.73. The molecule has 0 radical (unpaired) electrons. The largest absolute Gasteiger partial charge is 0.355 e. The predicted molar refractivity (Wildman–Crippen MR) is 113 cm³/mol. The first-order valence-electron chi connectivity index (χ1n) is 9.27. The summed E-state index contributed by atoms with van der Waals surface area (Å²) in [7, 11) is 4.11. The van der Waals surface area contributed by atoms with Gasteiger partial charge in [0, 0.05) is 61.5 Å². The van der Waals surface area contributed by atoms with Crippen molar-refractivity contribution < 1.29 is 0 Å². The van der Waals surface area contributed by atoms with Gasteiger partial charge in [0.05, 0.1) is 5.69 Å². The molecule has 2 aliphatic rings. The van der Waals surface area contributed by atoms with E-state index >= 15 is 0 Å². The number of nitrogens with two attached hydrogens (primary N) is 1. The first-order chi connectivity index (χ1) is 11.9. The lowest BCUT2D eigenvalue weighted by Gasteiger charge is -2.32. The molecular formula is C19H30Cl2N6. The summed E-state index contributed by atoms with van der Waals surface area (Å²) in [5.74, 6) is 3.11. The van der Waals surface area contributed by atoms with Crippen molar-refractivity contribution in [1.29, 1.82) is 0 Å². The third-order valence-electron chi connectivity index (χ3n) is 5.73. The van der Waals surface area contributed by atoms with Gasteiger partial charge in [-0.05, 0) is 39.5 Å². The maximum atomic E-state index is 5.99. The monoisotopic (exact) mass is 412 g/mol. The number of aromatic nitrogens is 4. The standard InChI is InChI=1S/C19H28N6.2ClH/c1-11-16(12(2)25(4)23-11)10-24(3)18-9-17(14-7-15(20)8-14)21-19(22-18)13-5-6-13;;/h9,13-15H,5-8,10,20H2,1-4H3;2*1H. The zero-order valence-electron chi connectivity index (χ0n) is 16.5. The highest BCUT2D eigenvalue weighted by molar-refractivity contribution is 5.85. The summed E-state index contributed by atoms with van der Waals surface area (Å²) in [4.78, 5) is 12.0. The molecule has 8 heteroatoms. The molecule has 27 heavy (non-hydrogen) atoms. The van der Waals surface area contributed by atoms with Crippen molar-refractivity contribution in [1.82, 2.24) is 19.7 Å². The van der Waals surface area contributed by atoms with Crippen LogP contribution in [-0.2, 0) is 13.6 Å². The van der Waals surface area contributed by atoms with Crippen molar-refractivity contribution in [2.75, 3.05) is 11.9 Å². The number of anilines is 1. The molecule has 0 aliphatic heterocycles. The lowest BCUT2D eigenvalue weighted by Crippen LogP contribution is -2.35. The third kappa shape index (κ3) is 4.39. The normalized spacial score (nSPS) is 21.1. The van der Waals surface area contributed by atoms with Crippen molar-refractivity contribution >= 4 is 30.6 Å². The van der Waals surface area contributed by atoms with E-state index in [1.165, 1.54) is 29.8 Å². The second-order valence-electron chi connectivity index (χ2n) is 7.84. The van der Waals surface area contributed by atoms with E-state index in [1.54, 1.807) is 0 Å². The van der Waals surface area contributed by atoms with Crippen LogP contribution in [0.25, 0.3) is 0 Å².